The molecule has 0 aliphatic rings. The molecule has 0 atom stereocenters. The molecule has 0 fully saturated rings. The highest BCUT2D eigenvalue weighted by molar-refractivity contribution is 7.09. The number of benzene rings is 1. The second-order valence-corrected chi connectivity index (χ2v) is 5.56. The first-order valence-electron chi connectivity index (χ1n) is 5.71. The van der Waals surface area contributed by atoms with Crippen molar-refractivity contribution in [3.63, 3.8) is 0 Å². The van der Waals surface area contributed by atoms with Crippen LogP contribution in [0.15, 0.2) is 29.8 Å². The Morgan fingerprint density at radius 1 is 1.47 bits per heavy atom. The Hall–Kier alpha value is -1.59. The van der Waals surface area contributed by atoms with E-state index in [2.05, 4.69) is 10.3 Å². The van der Waals surface area contributed by atoms with Crippen LogP contribution in [0.5, 0.6) is 0 Å². The highest BCUT2D eigenvalue weighted by Crippen LogP contribution is 2.24. The monoisotopic (exact) mass is 295 g/mol. The van der Waals surface area contributed by atoms with Gasteiger partial charge in [0.05, 0.1) is 17.3 Å². The topological polar surface area (TPSA) is 45.2 Å². The lowest BCUT2D eigenvalue weighted by Gasteiger charge is -2.13. The van der Waals surface area contributed by atoms with Crippen molar-refractivity contribution < 1.29 is 4.79 Å². The van der Waals surface area contributed by atoms with Crippen molar-refractivity contribution in [2.24, 2.45) is 0 Å². The number of nitrogens with zero attached hydrogens (tertiary/aromatic N) is 2. The van der Waals surface area contributed by atoms with Gasteiger partial charge in [-0.25, -0.2) is 4.98 Å². The smallest absolute Gasteiger partial charge is 0.253 e. The Morgan fingerprint density at radius 2 is 2.26 bits per heavy atom. The van der Waals surface area contributed by atoms with Crippen molar-refractivity contribution in [1.82, 2.24) is 9.88 Å². The minimum Gasteiger partial charge on any atom is -0.377 e. The van der Waals surface area contributed by atoms with E-state index in [4.69, 9.17) is 11.6 Å². The minimum atomic E-state index is -0.0473. The van der Waals surface area contributed by atoms with E-state index in [1.807, 2.05) is 5.38 Å². The number of carbonyl (C=O) groups excluding carboxylic acids is 1. The van der Waals surface area contributed by atoms with Gasteiger partial charge in [-0.05, 0) is 18.2 Å². The molecule has 0 spiro atoms. The molecule has 0 radical (unpaired) electrons. The first-order valence-corrected chi connectivity index (χ1v) is 6.97. The standard InChI is InChI=1S/C13H14ClN3OS/c1-17(2)13(18)9-3-4-10(14)11(7-9)16-8-12-15-5-6-19-12/h3-7,16H,8H2,1-2H3. The average molecular weight is 296 g/mol. The summed E-state index contributed by atoms with van der Waals surface area (Å²) in [4.78, 5) is 17.6. The second-order valence-electron chi connectivity index (χ2n) is 4.17. The van der Waals surface area contributed by atoms with E-state index in [1.165, 1.54) is 4.90 Å². The van der Waals surface area contributed by atoms with Crippen LogP contribution >= 0.6 is 22.9 Å². The fourth-order valence-corrected chi connectivity index (χ4v) is 2.30. The summed E-state index contributed by atoms with van der Waals surface area (Å²) in [6.07, 6.45) is 1.76. The fraction of sp³-hybridized carbons (Fsp3) is 0.231. The molecule has 1 N–H and O–H groups in total. The van der Waals surface area contributed by atoms with Crippen LogP contribution in [-0.2, 0) is 6.54 Å². The first kappa shape index (κ1) is 13.8. The van der Waals surface area contributed by atoms with Gasteiger partial charge in [-0.1, -0.05) is 11.6 Å². The van der Waals surface area contributed by atoms with Gasteiger partial charge >= 0.3 is 0 Å². The van der Waals surface area contributed by atoms with Crippen molar-refractivity contribution in [3.05, 3.63) is 45.4 Å². The Bertz CT molecular complexity index is 569. The normalized spacial score (nSPS) is 10.3. The lowest BCUT2D eigenvalue weighted by atomic mass is 10.2. The maximum absolute atomic E-state index is 11.9. The average Bonchev–Trinajstić information content (AvgIpc) is 2.90. The number of aromatic nitrogens is 1. The molecule has 19 heavy (non-hydrogen) atoms. The molecule has 1 amide bonds. The molecule has 1 heterocycles. The molecule has 1 aromatic carbocycles. The van der Waals surface area contributed by atoms with Gasteiger partial charge in [0.15, 0.2) is 0 Å². The molecule has 0 aliphatic heterocycles. The molecule has 2 aromatic rings. The molecular weight excluding hydrogens is 282 g/mol. The Balaban J connectivity index is 2.15. The van der Waals surface area contributed by atoms with Crippen LogP contribution in [0.1, 0.15) is 15.4 Å². The Labute approximate surface area is 121 Å². The third-order valence-corrected chi connectivity index (χ3v) is 3.64. The zero-order valence-corrected chi connectivity index (χ0v) is 12.3. The van der Waals surface area contributed by atoms with E-state index in [0.29, 0.717) is 17.1 Å². The summed E-state index contributed by atoms with van der Waals surface area (Å²) in [5, 5.41) is 6.68. The quantitative estimate of drug-likeness (QED) is 0.942. The molecule has 4 nitrogen and oxygen atoms in total. The van der Waals surface area contributed by atoms with Crippen LogP contribution in [0, 0.1) is 0 Å². The number of nitrogens with one attached hydrogen (secondary N) is 1. The van der Waals surface area contributed by atoms with Gasteiger partial charge in [-0.2, -0.15) is 0 Å². The van der Waals surface area contributed by atoms with Crippen molar-refractivity contribution in [3.8, 4) is 0 Å². The number of hydrogen-bond donors (Lipinski definition) is 1. The van der Waals surface area contributed by atoms with Crippen molar-refractivity contribution in [2.45, 2.75) is 6.54 Å². The third-order valence-electron chi connectivity index (χ3n) is 2.53. The number of amides is 1. The molecule has 0 saturated heterocycles. The SMILES string of the molecule is CN(C)C(=O)c1ccc(Cl)c(NCc2nccs2)c1. The predicted octanol–water partition coefficient (Wildman–Crippen LogP) is 3.11. The number of hydrogen-bond acceptors (Lipinski definition) is 4. The lowest BCUT2D eigenvalue weighted by molar-refractivity contribution is 0.0827. The van der Waals surface area contributed by atoms with E-state index in [1.54, 1.807) is 49.8 Å². The zero-order chi connectivity index (χ0) is 13.8. The zero-order valence-electron chi connectivity index (χ0n) is 10.7. The van der Waals surface area contributed by atoms with Gasteiger partial charge in [-0.15, -0.1) is 11.3 Å². The number of rotatable bonds is 4. The molecular formula is C13H14ClN3OS. The van der Waals surface area contributed by atoms with Crippen LogP contribution in [0.4, 0.5) is 5.69 Å². The molecule has 6 heteroatoms. The Morgan fingerprint density at radius 3 is 2.89 bits per heavy atom. The second kappa shape index (κ2) is 6.04. The van der Waals surface area contributed by atoms with Gasteiger partial charge in [0.25, 0.3) is 5.91 Å². The van der Waals surface area contributed by atoms with Crippen LogP contribution in [0.3, 0.4) is 0 Å². The number of halogens is 1. The summed E-state index contributed by atoms with van der Waals surface area (Å²) >= 11 is 7.69. The molecule has 1 aromatic heterocycles. The number of thiazole rings is 1. The largest absolute Gasteiger partial charge is 0.377 e. The van der Waals surface area contributed by atoms with Crippen molar-refractivity contribution in [2.75, 3.05) is 19.4 Å². The van der Waals surface area contributed by atoms with Crippen LogP contribution in [0.25, 0.3) is 0 Å². The van der Waals surface area contributed by atoms with E-state index in [-0.39, 0.29) is 5.91 Å². The highest BCUT2D eigenvalue weighted by atomic mass is 35.5. The number of anilines is 1. The van der Waals surface area contributed by atoms with Gasteiger partial charge in [0.2, 0.25) is 0 Å². The van der Waals surface area contributed by atoms with E-state index in [0.717, 1.165) is 10.7 Å². The molecule has 2 rings (SSSR count). The van der Waals surface area contributed by atoms with Gasteiger partial charge in [-0.3, -0.25) is 4.79 Å². The summed E-state index contributed by atoms with van der Waals surface area (Å²) < 4.78 is 0. The first-order chi connectivity index (χ1) is 9.08. The number of carbonyl (C=O) groups is 1. The van der Waals surface area contributed by atoms with Crippen LogP contribution in [0.2, 0.25) is 5.02 Å². The van der Waals surface area contributed by atoms with Gasteiger partial charge in [0, 0.05) is 31.2 Å². The maximum atomic E-state index is 11.9. The van der Waals surface area contributed by atoms with Crippen LogP contribution in [-0.4, -0.2) is 29.9 Å². The fourth-order valence-electron chi connectivity index (χ4n) is 1.56. The summed E-state index contributed by atoms with van der Waals surface area (Å²) in [6, 6.07) is 5.21. The Kier molecular flexibility index (Phi) is 4.39. The molecule has 0 aliphatic carbocycles. The summed E-state index contributed by atoms with van der Waals surface area (Å²) in [5.41, 5.74) is 1.35. The van der Waals surface area contributed by atoms with Gasteiger partial charge in [0.1, 0.15) is 5.01 Å². The summed E-state index contributed by atoms with van der Waals surface area (Å²) in [5.74, 6) is -0.0473. The van der Waals surface area contributed by atoms with Crippen molar-refractivity contribution in [1.29, 1.82) is 0 Å². The van der Waals surface area contributed by atoms with E-state index < -0.39 is 0 Å². The minimum absolute atomic E-state index is 0.0473. The lowest BCUT2D eigenvalue weighted by Crippen LogP contribution is -2.21. The molecule has 0 unspecified atom stereocenters. The van der Waals surface area contributed by atoms with Crippen molar-refractivity contribution >= 4 is 34.5 Å². The molecule has 0 bridgehead atoms. The van der Waals surface area contributed by atoms with Gasteiger partial charge < -0.3 is 10.2 Å². The molecule has 100 valence electrons. The summed E-state index contributed by atoms with van der Waals surface area (Å²) in [7, 11) is 3.44. The van der Waals surface area contributed by atoms with E-state index in [9.17, 15) is 4.79 Å². The third kappa shape index (κ3) is 3.45. The highest BCUT2D eigenvalue weighted by Gasteiger charge is 2.10. The van der Waals surface area contributed by atoms with E-state index >= 15 is 0 Å². The van der Waals surface area contributed by atoms with Crippen LogP contribution < -0.4 is 5.32 Å². The predicted molar refractivity (Wildman–Crippen MR) is 78.9 cm³/mol. The maximum Gasteiger partial charge on any atom is 0.253 e. The molecule has 0 saturated carbocycles. The summed E-state index contributed by atoms with van der Waals surface area (Å²) in [6.45, 7) is 0.594.